The first kappa shape index (κ1) is 23.3. The number of thiocarbonyl (C=S) groups is 1. The molecular formula is C22H24Cl2N4O2S. The third-order valence-corrected chi connectivity index (χ3v) is 5.77. The zero-order chi connectivity index (χ0) is 22.4. The third-order valence-electron chi connectivity index (χ3n) is 5.01. The maximum absolute atomic E-state index is 12.2. The van der Waals surface area contributed by atoms with Crippen molar-refractivity contribution in [2.24, 2.45) is 0 Å². The molecule has 0 radical (unpaired) electrons. The molecule has 1 fully saturated rings. The van der Waals surface area contributed by atoms with Gasteiger partial charge in [0.2, 0.25) is 11.8 Å². The molecule has 0 saturated carbocycles. The number of rotatable bonds is 5. The molecule has 164 valence electrons. The van der Waals surface area contributed by atoms with Crippen LogP contribution in [-0.2, 0) is 16.0 Å². The lowest BCUT2D eigenvalue weighted by Gasteiger charge is -2.36. The molecule has 0 unspecified atom stereocenters. The minimum absolute atomic E-state index is 0.178. The van der Waals surface area contributed by atoms with Gasteiger partial charge in [-0.05, 0) is 48.1 Å². The van der Waals surface area contributed by atoms with Gasteiger partial charge < -0.3 is 20.4 Å². The molecule has 0 bridgehead atoms. The van der Waals surface area contributed by atoms with Crippen molar-refractivity contribution in [1.29, 1.82) is 0 Å². The van der Waals surface area contributed by atoms with E-state index in [1.165, 1.54) is 0 Å². The topological polar surface area (TPSA) is 64.7 Å². The van der Waals surface area contributed by atoms with Gasteiger partial charge in [-0.2, -0.15) is 0 Å². The van der Waals surface area contributed by atoms with Gasteiger partial charge in [0.05, 0.1) is 17.1 Å². The zero-order valence-electron chi connectivity index (χ0n) is 17.2. The highest BCUT2D eigenvalue weighted by Crippen LogP contribution is 2.29. The van der Waals surface area contributed by atoms with Crippen molar-refractivity contribution in [3.05, 3.63) is 58.1 Å². The highest BCUT2D eigenvalue weighted by molar-refractivity contribution is 7.80. The minimum Gasteiger partial charge on any atom is -0.367 e. The Kier molecular flexibility index (Phi) is 8.12. The molecule has 0 aliphatic carbocycles. The molecule has 1 saturated heterocycles. The van der Waals surface area contributed by atoms with Crippen LogP contribution in [0, 0.1) is 0 Å². The van der Waals surface area contributed by atoms with Gasteiger partial charge in [0.15, 0.2) is 5.11 Å². The smallest absolute Gasteiger partial charge is 0.230 e. The van der Waals surface area contributed by atoms with Gasteiger partial charge in [-0.1, -0.05) is 42.3 Å². The third kappa shape index (κ3) is 6.56. The van der Waals surface area contributed by atoms with E-state index in [0.717, 1.165) is 24.3 Å². The summed E-state index contributed by atoms with van der Waals surface area (Å²) in [7, 11) is 0. The number of amides is 2. The molecule has 0 aromatic heterocycles. The number of hydrogen-bond acceptors (Lipinski definition) is 4. The van der Waals surface area contributed by atoms with E-state index < -0.39 is 0 Å². The summed E-state index contributed by atoms with van der Waals surface area (Å²) in [6.07, 6.45) is 0.725. The first-order chi connectivity index (χ1) is 14.9. The van der Waals surface area contributed by atoms with Crippen LogP contribution in [0.15, 0.2) is 42.5 Å². The lowest BCUT2D eigenvalue weighted by molar-refractivity contribution is -0.131. The Morgan fingerprint density at radius 2 is 1.71 bits per heavy atom. The number of carbonyl (C=O) groups is 2. The fourth-order valence-electron chi connectivity index (χ4n) is 3.38. The number of nitrogens with zero attached hydrogens (tertiary/aromatic N) is 2. The van der Waals surface area contributed by atoms with Crippen LogP contribution in [0.5, 0.6) is 0 Å². The summed E-state index contributed by atoms with van der Waals surface area (Å²) in [4.78, 5) is 28.1. The van der Waals surface area contributed by atoms with Gasteiger partial charge in [-0.25, -0.2) is 0 Å². The molecular weight excluding hydrogens is 455 g/mol. The summed E-state index contributed by atoms with van der Waals surface area (Å²) in [5.41, 5.74) is 2.44. The zero-order valence-corrected chi connectivity index (χ0v) is 19.5. The quantitative estimate of drug-likeness (QED) is 0.633. The Morgan fingerprint density at radius 3 is 2.32 bits per heavy atom. The fourth-order valence-corrected chi connectivity index (χ4v) is 4.04. The van der Waals surface area contributed by atoms with E-state index in [0.29, 0.717) is 35.2 Å². The molecule has 9 heteroatoms. The first-order valence-electron chi connectivity index (χ1n) is 10.0. The molecule has 1 aliphatic rings. The summed E-state index contributed by atoms with van der Waals surface area (Å²) >= 11 is 17.6. The number of hydrogen-bond donors (Lipinski definition) is 2. The van der Waals surface area contributed by atoms with Crippen molar-refractivity contribution < 1.29 is 9.59 Å². The maximum atomic E-state index is 12.2. The molecule has 6 nitrogen and oxygen atoms in total. The van der Waals surface area contributed by atoms with Crippen molar-refractivity contribution in [3.63, 3.8) is 0 Å². The number of nitrogens with one attached hydrogen (secondary N) is 2. The van der Waals surface area contributed by atoms with Crippen LogP contribution in [0.25, 0.3) is 0 Å². The van der Waals surface area contributed by atoms with Gasteiger partial charge in [0.1, 0.15) is 0 Å². The summed E-state index contributed by atoms with van der Waals surface area (Å²) in [6.45, 7) is 4.72. The Labute approximate surface area is 197 Å². The molecule has 31 heavy (non-hydrogen) atoms. The lowest BCUT2D eigenvalue weighted by atomic mass is 10.1. The van der Waals surface area contributed by atoms with E-state index in [1.54, 1.807) is 30.3 Å². The van der Waals surface area contributed by atoms with E-state index in [1.807, 2.05) is 24.0 Å². The van der Waals surface area contributed by atoms with E-state index in [9.17, 15) is 9.59 Å². The Morgan fingerprint density at radius 1 is 1.03 bits per heavy atom. The molecule has 0 spiro atoms. The van der Waals surface area contributed by atoms with Crippen molar-refractivity contribution in [1.82, 2.24) is 10.2 Å². The molecule has 0 atom stereocenters. The number of carbonyl (C=O) groups excluding carboxylic acids is 2. The molecule has 2 amide bonds. The van der Waals surface area contributed by atoms with Crippen LogP contribution in [0.3, 0.4) is 0 Å². The molecule has 2 N–H and O–H groups in total. The Bertz CT molecular complexity index is 960. The predicted octanol–water partition coefficient (Wildman–Crippen LogP) is 4.11. The standard InChI is InChI=1S/C22H24Cl2N4O2S/c1-2-21(30)28-11-9-27(10-12-28)19-8-7-17(14-18(19)24)25-22(31)26-20(29)13-15-3-5-16(23)6-4-15/h3-8,14H,2,9-13H2,1H3,(H2,25,26,29,31). The van der Waals surface area contributed by atoms with Crippen molar-refractivity contribution in [2.45, 2.75) is 19.8 Å². The van der Waals surface area contributed by atoms with Crippen LogP contribution in [0.1, 0.15) is 18.9 Å². The molecule has 1 heterocycles. The highest BCUT2D eigenvalue weighted by atomic mass is 35.5. The van der Waals surface area contributed by atoms with Gasteiger partial charge in [0.25, 0.3) is 0 Å². The maximum Gasteiger partial charge on any atom is 0.230 e. The van der Waals surface area contributed by atoms with Gasteiger partial charge in [-0.15, -0.1) is 0 Å². The van der Waals surface area contributed by atoms with Gasteiger partial charge in [-0.3, -0.25) is 9.59 Å². The van der Waals surface area contributed by atoms with Crippen molar-refractivity contribution in [3.8, 4) is 0 Å². The van der Waals surface area contributed by atoms with Gasteiger partial charge >= 0.3 is 0 Å². The highest BCUT2D eigenvalue weighted by Gasteiger charge is 2.21. The van der Waals surface area contributed by atoms with E-state index in [-0.39, 0.29) is 23.3 Å². The lowest BCUT2D eigenvalue weighted by Crippen LogP contribution is -2.48. The first-order valence-corrected chi connectivity index (χ1v) is 11.2. The molecule has 3 rings (SSSR count). The van der Waals surface area contributed by atoms with Crippen molar-refractivity contribution >= 4 is 63.7 Å². The van der Waals surface area contributed by atoms with Crippen LogP contribution in [0.2, 0.25) is 10.0 Å². The normalized spacial score (nSPS) is 13.6. The summed E-state index contributed by atoms with van der Waals surface area (Å²) < 4.78 is 0. The number of benzene rings is 2. The predicted molar refractivity (Wildman–Crippen MR) is 130 cm³/mol. The largest absolute Gasteiger partial charge is 0.367 e. The molecule has 2 aromatic carbocycles. The second-order valence-electron chi connectivity index (χ2n) is 7.19. The Hall–Kier alpha value is -2.35. The van der Waals surface area contributed by atoms with E-state index in [4.69, 9.17) is 35.4 Å². The monoisotopic (exact) mass is 478 g/mol. The molecule has 1 aliphatic heterocycles. The number of halogens is 2. The Balaban J connectivity index is 1.52. The summed E-state index contributed by atoms with van der Waals surface area (Å²) in [5.74, 6) is -0.0426. The van der Waals surface area contributed by atoms with Crippen LogP contribution < -0.4 is 15.5 Å². The number of piperazine rings is 1. The fraction of sp³-hybridized carbons (Fsp3) is 0.318. The average Bonchev–Trinajstić information content (AvgIpc) is 2.75. The van der Waals surface area contributed by atoms with E-state index in [2.05, 4.69) is 15.5 Å². The summed E-state index contributed by atoms with van der Waals surface area (Å²) in [6, 6.07) is 12.6. The van der Waals surface area contributed by atoms with Crippen molar-refractivity contribution in [2.75, 3.05) is 36.4 Å². The SMILES string of the molecule is CCC(=O)N1CCN(c2ccc(NC(=S)NC(=O)Cc3ccc(Cl)cc3)cc2Cl)CC1. The van der Waals surface area contributed by atoms with Crippen LogP contribution >= 0.6 is 35.4 Å². The minimum atomic E-state index is -0.220. The van der Waals surface area contributed by atoms with Gasteiger partial charge in [0, 0.05) is 43.3 Å². The summed E-state index contributed by atoms with van der Waals surface area (Å²) in [5, 5.41) is 7.06. The average molecular weight is 479 g/mol. The molecule has 2 aromatic rings. The van der Waals surface area contributed by atoms with E-state index >= 15 is 0 Å². The van der Waals surface area contributed by atoms with Crippen LogP contribution in [0.4, 0.5) is 11.4 Å². The second-order valence-corrected chi connectivity index (χ2v) is 8.45. The second kappa shape index (κ2) is 10.8. The number of anilines is 2. The van der Waals surface area contributed by atoms with Crippen LogP contribution in [-0.4, -0.2) is 48.0 Å².